The Balaban J connectivity index is 0.000000494. The number of esters is 1. The van der Waals surface area contributed by atoms with Crippen LogP contribution < -0.4 is 9.44 Å². The number of rotatable bonds is 13. The van der Waals surface area contributed by atoms with Gasteiger partial charge < -0.3 is 4.74 Å². The zero-order chi connectivity index (χ0) is 38.4. The van der Waals surface area contributed by atoms with Gasteiger partial charge in [0.05, 0.1) is 38.1 Å². The van der Waals surface area contributed by atoms with Gasteiger partial charge in [0, 0.05) is 11.1 Å². The van der Waals surface area contributed by atoms with Gasteiger partial charge in [0.25, 0.3) is 12.9 Å². The van der Waals surface area contributed by atoms with Crippen LogP contribution in [0, 0.1) is 11.6 Å². The van der Waals surface area contributed by atoms with E-state index >= 15 is 0 Å². The molecule has 0 aromatic heterocycles. The number of hydrogen-bond acceptors (Lipinski definition) is 5. The summed E-state index contributed by atoms with van der Waals surface area (Å²) >= 11 is 0. The fraction of sp³-hybridized carbons (Fsp3) is 0.533. The highest BCUT2D eigenvalue weighted by Crippen LogP contribution is 2.46. The van der Waals surface area contributed by atoms with Crippen molar-refractivity contribution in [3.05, 3.63) is 71.3 Å². The normalized spacial score (nSPS) is 16.6. The fourth-order valence-corrected chi connectivity index (χ4v) is 5.69. The van der Waals surface area contributed by atoms with Crippen LogP contribution in [0.15, 0.2) is 48.5 Å². The van der Waals surface area contributed by atoms with E-state index in [0.717, 1.165) is 24.3 Å². The van der Waals surface area contributed by atoms with Crippen molar-refractivity contribution in [3.8, 4) is 0 Å². The monoisotopic (exact) mass is 758 g/mol. The summed E-state index contributed by atoms with van der Waals surface area (Å²) in [5.74, 6) is -14.7. The molecule has 2 rings (SSSR count). The molecule has 0 bridgehead atoms. The van der Waals surface area contributed by atoms with Crippen molar-refractivity contribution in [1.82, 2.24) is 9.44 Å². The predicted octanol–water partition coefficient (Wildman–Crippen LogP) is 6.71. The Morgan fingerprint density at radius 3 is 1.39 bits per heavy atom. The Labute approximate surface area is 281 Å². The maximum absolute atomic E-state index is 14.9. The summed E-state index contributed by atoms with van der Waals surface area (Å²) < 4.78 is 171. The molecule has 49 heavy (non-hydrogen) atoms. The molecule has 2 aromatic rings. The Hall–Kier alpha value is -2.90. The first-order chi connectivity index (χ1) is 22.2. The SMILES string of the molecule is CC(C)(C)[S@@](=O)N[C@@](c1ccccc1F)(C(F)F)C(F)(F)C=O.CCOC(=O)C(F)(F)[C@](N[S@](=O)C(C)(C)C)(c1ccccc1F)C(F)F. The number of carbonyl (C=O) groups excluding carboxylic acids is 2. The highest BCUT2D eigenvalue weighted by Gasteiger charge is 2.69. The molecule has 0 unspecified atom stereocenters. The lowest BCUT2D eigenvalue weighted by Gasteiger charge is -2.40. The summed E-state index contributed by atoms with van der Waals surface area (Å²) in [5.41, 5.74) is -9.96. The molecule has 0 fully saturated rings. The van der Waals surface area contributed by atoms with Crippen molar-refractivity contribution in [2.24, 2.45) is 0 Å². The van der Waals surface area contributed by atoms with Gasteiger partial charge in [-0.3, -0.25) is 4.79 Å². The average Bonchev–Trinajstić information content (AvgIpc) is 2.98. The number of halogens is 10. The molecule has 2 N–H and O–H groups in total. The number of hydrogen-bond donors (Lipinski definition) is 2. The molecule has 0 radical (unpaired) electrons. The van der Waals surface area contributed by atoms with Gasteiger partial charge in [0.2, 0.25) is 0 Å². The quantitative estimate of drug-likeness (QED) is 0.135. The van der Waals surface area contributed by atoms with Gasteiger partial charge in [-0.15, -0.1) is 0 Å². The number of carbonyl (C=O) groups is 2. The lowest BCUT2D eigenvalue weighted by atomic mass is 9.84. The van der Waals surface area contributed by atoms with E-state index in [4.69, 9.17) is 0 Å². The van der Waals surface area contributed by atoms with Crippen LogP contribution in [-0.2, 0) is 47.4 Å². The van der Waals surface area contributed by atoms with E-state index in [9.17, 15) is 61.9 Å². The van der Waals surface area contributed by atoms with Crippen molar-refractivity contribution in [1.29, 1.82) is 0 Å². The van der Waals surface area contributed by atoms with Gasteiger partial charge in [0.1, 0.15) is 11.6 Å². The van der Waals surface area contributed by atoms with Crippen LogP contribution in [-0.4, -0.2) is 61.5 Å². The van der Waals surface area contributed by atoms with Crippen molar-refractivity contribution in [2.75, 3.05) is 6.61 Å². The highest BCUT2D eigenvalue weighted by atomic mass is 32.2. The van der Waals surface area contributed by atoms with Crippen LogP contribution in [0.1, 0.15) is 59.6 Å². The van der Waals surface area contributed by atoms with Crippen molar-refractivity contribution < 1.29 is 66.6 Å². The zero-order valence-electron chi connectivity index (χ0n) is 27.2. The smallest absolute Gasteiger partial charge is 0.379 e. The van der Waals surface area contributed by atoms with Gasteiger partial charge in [-0.25, -0.2) is 49.0 Å². The molecule has 7 nitrogen and oxygen atoms in total. The van der Waals surface area contributed by atoms with Gasteiger partial charge in [0.15, 0.2) is 17.4 Å². The minimum atomic E-state index is -4.92. The van der Waals surface area contributed by atoms with E-state index in [1.54, 1.807) is 9.44 Å². The highest BCUT2D eigenvalue weighted by molar-refractivity contribution is 7.84. The lowest BCUT2D eigenvalue weighted by Crippen LogP contribution is -2.66. The molecule has 0 amide bonds. The Morgan fingerprint density at radius 1 is 0.735 bits per heavy atom. The van der Waals surface area contributed by atoms with E-state index in [1.807, 2.05) is 0 Å². The molecule has 0 aliphatic carbocycles. The van der Waals surface area contributed by atoms with E-state index < -0.39 is 109 Å². The molecular weight excluding hydrogens is 722 g/mol. The maximum Gasteiger partial charge on any atom is 0.379 e. The second kappa shape index (κ2) is 16.4. The maximum atomic E-state index is 14.9. The van der Waals surface area contributed by atoms with Crippen molar-refractivity contribution >= 4 is 34.2 Å². The molecule has 0 heterocycles. The Kier molecular flexibility index (Phi) is 14.8. The molecular formula is C30H36F10N2O5S2. The molecule has 19 heteroatoms. The van der Waals surface area contributed by atoms with Crippen molar-refractivity contribution in [3.63, 3.8) is 0 Å². The average molecular weight is 759 g/mol. The molecule has 0 saturated carbocycles. The van der Waals surface area contributed by atoms with Crippen LogP contribution in [0.5, 0.6) is 0 Å². The summed E-state index contributed by atoms with van der Waals surface area (Å²) in [7, 11) is -4.91. The van der Waals surface area contributed by atoms with Gasteiger partial charge in [-0.05, 0) is 60.6 Å². The molecule has 0 spiro atoms. The number of nitrogens with one attached hydrogen (secondary N) is 2. The largest absolute Gasteiger partial charge is 0.461 e. The van der Waals surface area contributed by atoms with E-state index in [0.29, 0.717) is 24.3 Å². The van der Waals surface area contributed by atoms with Gasteiger partial charge in [-0.2, -0.15) is 17.6 Å². The first-order valence-electron chi connectivity index (χ1n) is 14.1. The zero-order valence-corrected chi connectivity index (χ0v) is 28.8. The van der Waals surface area contributed by atoms with Crippen LogP contribution in [0.4, 0.5) is 43.9 Å². The standard InChI is InChI=1S/C16H20F5NO3S.C14H16F5NO2S/c1-5-25-13(23)16(20,21)15(12(18)19,22-26(24)14(2,3)4)10-8-6-7-9-11(10)17;1-12(2,3)23(22)20-14(11(16)17,13(18,19)8-21)9-6-4-5-7-10(9)15/h6-9,12,22H,5H2,1-4H3;4-8,11,20H,1-3H3/t15-,26+;14-,23+/m00/s1. The third kappa shape index (κ3) is 9.26. The van der Waals surface area contributed by atoms with Gasteiger partial charge >= 0.3 is 17.8 Å². The summed E-state index contributed by atoms with van der Waals surface area (Å²) in [6.07, 6.45) is -8.91. The second-order valence-corrected chi connectivity index (χ2v) is 16.1. The molecule has 278 valence electrons. The van der Waals surface area contributed by atoms with Crippen LogP contribution in [0.2, 0.25) is 0 Å². The van der Waals surface area contributed by atoms with E-state index in [-0.39, 0.29) is 0 Å². The summed E-state index contributed by atoms with van der Waals surface area (Å²) in [6.45, 7) is 8.80. The molecule has 4 atom stereocenters. The third-order valence-electron chi connectivity index (χ3n) is 6.57. The first-order valence-corrected chi connectivity index (χ1v) is 16.4. The number of benzene rings is 2. The second-order valence-electron chi connectivity index (χ2n) is 12.2. The Morgan fingerprint density at radius 2 is 1.08 bits per heavy atom. The number of ether oxygens (including phenoxy) is 1. The minimum absolute atomic E-state index is 0.507. The number of aldehydes is 1. The van der Waals surface area contributed by atoms with Crippen molar-refractivity contribution in [2.45, 2.75) is 93.7 Å². The molecule has 0 aliphatic heterocycles. The minimum Gasteiger partial charge on any atom is -0.461 e. The van der Waals surface area contributed by atoms with E-state index in [2.05, 4.69) is 4.74 Å². The topological polar surface area (TPSA) is 102 Å². The molecule has 0 saturated heterocycles. The van der Waals surface area contributed by atoms with Gasteiger partial charge in [-0.1, -0.05) is 36.4 Å². The lowest BCUT2D eigenvalue weighted by molar-refractivity contribution is -0.199. The third-order valence-corrected chi connectivity index (χ3v) is 9.81. The van der Waals surface area contributed by atoms with Crippen LogP contribution in [0.25, 0.3) is 0 Å². The van der Waals surface area contributed by atoms with E-state index in [1.165, 1.54) is 48.5 Å². The summed E-state index contributed by atoms with van der Waals surface area (Å²) in [6, 6.07) is 7.13. The molecule has 2 aromatic carbocycles. The summed E-state index contributed by atoms with van der Waals surface area (Å²) in [4.78, 5) is 22.5. The van der Waals surface area contributed by atoms with Crippen LogP contribution >= 0.6 is 0 Å². The predicted molar refractivity (Wildman–Crippen MR) is 163 cm³/mol. The number of alkyl halides is 8. The van der Waals surface area contributed by atoms with Crippen LogP contribution in [0.3, 0.4) is 0 Å². The fourth-order valence-electron chi connectivity index (χ4n) is 3.83. The Bertz CT molecular complexity index is 1500. The molecule has 0 aliphatic rings. The first kappa shape index (κ1) is 44.1. The summed E-state index contributed by atoms with van der Waals surface area (Å²) in [5, 5.41) is 0.